The predicted octanol–water partition coefficient (Wildman–Crippen LogP) is 1.31. The summed E-state index contributed by atoms with van der Waals surface area (Å²) in [4.78, 5) is 6.12. The molecular weight excluding hydrogens is 178 g/mol. The third-order valence-electron chi connectivity index (χ3n) is 1.72. The van der Waals surface area contributed by atoms with Gasteiger partial charge in [-0.2, -0.15) is 4.98 Å². The van der Waals surface area contributed by atoms with Crippen molar-refractivity contribution in [3.8, 4) is 0 Å². The Balaban J connectivity index is 2.75. The second-order valence-corrected chi connectivity index (χ2v) is 2.81. The molecule has 0 aliphatic carbocycles. The van der Waals surface area contributed by atoms with Gasteiger partial charge in [0.2, 0.25) is 0 Å². The van der Waals surface area contributed by atoms with E-state index >= 15 is 0 Å². The summed E-state index contributed by atoms with van der Waals surface area (Å²) in [6.45, 7) is 9.07. The zero-order chi connectivity index (χ0) is 10.4. The number of nitrogens with two attached hydrogens (primary N) is 1. The fraction of sp³-hybridized carbons (Fsp3) is 0.300. The van der Waals surface area contributed by atoms with Crippen molar-refractivity contribution in [2.75, 3.05) is 18.0 Å². The molecule has 0 saturated carbocycles. The van der Waals surface area contributed by atoms with Gasteiger partial charge in [-0.3, -0.25) is 0 Å². The van der Waals surface area contributed by atoms with Gasteiger partial charge in [0.15, 0.2) is 0 Å². The largest absolute Gasteiger partial charge is 0.432 e. The van der Waals surface area contributed by atoms with Crippen LogP contribution in [0.25, 0.3) is 0 Å². The van der Waals surface area contributed by atoms with Crippen molar-refractivity contribution in [3.05, 3.63) is 37.3 Å². The highest BCUT2D eigenvalue weighted by molar-refractivity contribution is 5.29. The van der Waals surface area contributed by atoms with E-state index in [0.29, 0.717) is 25.6 Å². The molecule has 0 amide bonds. The Bertz CT molecular complexity index is 296. The number of nitrogens with zero attached hydrogens (tertiary/aromatic N) is 2. The maximum Gasteiger partial charge on any atom is 0.298 e. The van der Waals surface area contributed by atoms with E-state index in [9.17, 15) is 0 Å². The summed E-state index contributed by atoms with van der Waals surface area (Å²) >= 11 is 0. The average molecular weight is 193 g/mol. The Morgan fingerprint density at radius 2 is 2.07 bits per heavy atom. The SMILES string of the molecule is C=CCN(CC=C)c1nc(CN)co1. The summed E-state index contributed by atoms with van der Waals surface area (Å²) in [6.07, 6.45) is 5.14. The average Bonchev–Trinajstić information content (AvgIpc) is 2.65. The maximum atomic E-state index is 5.43. The topological polar surface area (TPSA) is 55.3 Å². The van der Waals surface area contributed by atoms with Gasteiger partial charge in [0, 0.05) is 19.6 Å². The second-order valence-electron chi connectivity index (χ2n) is 2.81. The van der Waals surface area contributed by atoms with Crippen LogP contribution in [0, 0.1) is 0 Å². The Labute approximate surface area is 83.7 Å². The van der Waals surface area contributed by atoms with Gasteiger partial charge in [0.1, 0.15) is 6.26 Å². The lowest BCUT2D eigenvalue weighted by Gasteiger charge is -2.15. The lowest BCUT2D eigenvalue weighted by molar-refractivity contribution is 0.545. The molecule has 0 unspecified atom stereocenters. The Kier molecular flexibility index (Phi) is 3.94. The second kappa shape index (κ2) is 5.24. The summed E-state index contributed by atoms with van der Waals surface area (Å²) in [6, 6.07) is 0.560. The third kappa shape index (κ3) is 2.47. The first-order valence-electron chi connectivity index (χ1n) is 4.43. The van der Waals surface area contributed by atoms with E-state index in [1.807, 2.05) is 4.90 Å². The quantitative estimate of drug-likeness (QED) is 0.692. The molecule has 0 aliphatic rings. The van der Waals surface area contributed by atoms with E-state index in [4.69, 9.17) is 10.2 Å². The van der Waals surface area contributed by atoms with Crippen LogP contribution >= 0.6 is 0 Å². The van der Waals surface area contributed by atoms with E-state index in [-0.39, 0.29) is 0 Å². The molecule has 0 spiro atoms. The van der Waals surface area contributed by atoms with Crippen LogP contribution in [0.3, 0.4) is 0 Å². The summed E-state index contributed by atoms with van der Waals surface area (Å²) in [5.74, 6) is 0. The highest BCUT2D eigenvalue weighted by Crippen LogP contribution is 2.12. The van der Waals surface area contributed by atoms with Crippen molar-refractivity contribution < 1.29 is 4.42 Å². The molecule has 1 rings (SSSR count). The molecule has 0 aliphatic heterocycles. The molecule has 0 radical (unpaired) electrons. The molecule has 4 nitrogen and oxygen atoms in total. The minimum Gasteiger partial charge on any atom is -0.432 e. The minimum absolute atomic E-state index is 0.388. The van der Waals surface area contributed by atoms with Crippen molar-refractivity contribution in [1.29, 1.82) is 0 Å². The van der Waals surface area contributed by atoms with Crippen LogP contribution in [-0.4, -0.2) is 18.1 Å². The summed E-state index contributed by atoms with van der Waals surface area (Å²) in [5.41, 5.74) is 6.18. The molecule has 0 atom stereocenters. The van der Waals surface area contributed by atoms with Crippen molar-refractivity contribution in [2.45, 2.75) is 6.54 Å². The minimum atomic E-state index is 0.388. The molecule has 4 heteroatoms. The Hall–Kier alpha value is -1.55. The van der Waals surface area contributed by atoms with Crippen LogP contribution < -0.4 is 10.6 Å². The third-order valence-corrected chi connectivity index (χ3v) is 1.72. The van der Waals surface area contributed by atoms with Gasteiger partial charge in [0.25, 0.3) is 6.01 Å². The van der Waals surface area contributed by atoms with E-state index in [2.05, 4.69) is 18.1 Å². The first-order valence-corrected chi connectivity index (χ1v) is 4.43. The molecule has 1 aromatic rings. The van der Waals surface area contributed by atoms with Crippen molar-refractivity contribution in [1.82, 2.24) is 4.98 Å². The number of aromatic nitrogens is 1. The van der Waals surface area contributed by atoms with Crippen LogP contribution in [0.4, 0.5) is 6.01 Å². The fourth-order valence-corrected chi connectivity index (χ4v) is 1.08. The molecule has 0 saturated heterocycles. The van der Waals surface area contributed by atoms with Gasteiger partial charge >= 0.3 is 0 Å². The highest BCUT2D eigenvalue weighted by atomic mass is 16.4. The standard InChI is InChI=1S/C10H15N3O/c1-3-5-13(6-4-2)10-12-9(7-11)8-14-10/h3-4,8H,1-2,5-7,11H2. The van der Waals surface area contributed by atoms with Crippen LogP contribution in [0.15, 0.2) is 36.0 Å². The molecule has 0 bridgehead atoms. The zero-order valence-corrected chi connectivity index (χ0v) is 8.15. The predicted molar refractivity (Wildman–Crippen MR) is 57.0 cm³/mol. The zero-order valence-electron chi connectivity index (χ0n) is 8.15. The van der Waals surface area contributed by atoms with Crippen molar-refractivity contribution in [2.24, 2.45) is 5.73 Å². The molecule has 2 N–H and O–H groups in total. The lowest BCUT2D eigenvalue weighted by Crippen LogP contribution is -2.23. The Morgan fingerprint density at radius 1 is 1.43 bits per heavy atom. The molecule has 1 heterocycles. The van der Waals surface area contributed by atoms with E-state index in [1.165, 1.54) is 0 Å². The molecule has 0 aromatic carbocycles. The number of oxazole rings is 1. The van der Waals surface area contributed by atoms with E-state index < -0.39 is 0 Å². The van der Waals surface area contributed by atoms with Crippen LogP contribution in [0.2, 0.25) is 0 Å². The summed E-state index contributed by atoms with van der Waals surface area (Å²) < 4.78 is 5.26. The normalized spacial score (nSPS) is 9.79. The first-order chi connectivity index (χ1) is 6.81. The Morgan fingerprint density at radius 3 is 2.50 bits per heavy atom. The fourth-order valence-electron chi connectivity index (χ4n) is 1.08. The summed E-state index contributed by atoms with van der Waals surface area (Å²) in [7, 11) is 0. The number of hydrogen-bond donors (Lipinski definition) is 1. The van der Waals surface area contributed by atoms with Gasteiger partial charge in [-0.1, -0.05) is 12.2 Å². The van der Waals surface area contributed by atoms with Crippen LogP contribution in [0.1, 0.15) is 5.69 Å². The van der Waals surface area contributed by atoms with E-state index in [0.717, 1.165) is 5.69 Å². The number of hydrogen-bond acceptors (Lipinski definition) is 4. The van der Waals surface area contributed by atoms with Crippen LogP contribution in [-0.2, 0) is 6.54 Å². The monoisotopic (exact) mass is 193 g/mol. The van der Waals surface area contributed by atoms with E-state index in [1.54, 1.807) is 18.4 Å². The number of anilines is 1. The van der Waals surface area contributed by atoms with Gasteiger partial charge in [-0.05, 0) is 0 Å². The van der Waals surface area contributed by atoms with Crippen molar-refractivity contribution >= 4 is 6.01 Å². The maximum absolute atomic E-state index is 5.43. The van der Waals surface area contributed by atoms with Crippen LogP contribution in [0.5, 0.6) is 0 Å². The summed E-state index contributed by atoms with van der Waals surface area (Å²) in [5, 5.41) is 0. The molecule has 0 fully saturated rings. The molecule has 1 aromatic heterocycles. The first kappa shape index (κ1) is 10.5. The lowest BCUT2D eigenvalue weighted by atomic mass is 10.5. The van der Waals surface area contributed by atoms with Gasteiger partial charge in [-0.15, -0.1) is 13.2 Å². The van der Waals surface area contributed by atoms with Gasteiger partial charge < -0.3 is 15.1 Å². The number of rotatable bonds is 6. The highest BCUT2D eigenvalue weighted by Gasteiger charge is 2.09. The molecule has 76 valence electrons. The smallest absolute Gasteiger partial charge is 0.298 e. The van der Waals surface area contributed by atoms with Gasteiger partial charge in [-0.25, -0.2) is 0 Å². The molecule has 14 heavy (non-hydrogen) atoms. The van der Waals surface area contributed by atoms with Crippen molar-refractivity contribution in [3.63, 3.8) is 0 Å². The molecular formula is C10H15N3O. The van der Waals surface area contributed by atoms with Gasteiger partial charge in [0.05, 0.1) is 5.69 Å².